The van der Waals surface area contributed by atoms with Crippen molar-refractivity contribution in [3.63, 3.8) is 0 Å². The second-order valence-corrected chi connectivity index (χ2v) is 4.55. The van der Waals surface area contributed by atoms with Gasteiger partial charge in [-0.05, 0) is 18.1 Å². The van der Waals surface area contributed by atoms with E-state index in [2.05, 4.69) is 15.5 Å². The SMILES string of the molecule is O=C1COCC(Cc2cccc(-n3nccn3)c2F)N1. The third-order valence-electron chi connectivity index (χ3n) is 3.08. The zero-order chi connectivity index (χ0) is 13.9. The molecule has 0 radical (unpaired) electrons. The maximum Gasteiger partial charge on any atom is 0.246 e. The second-order valence-electron chi connectivity index (χ2n) is 4.55. The van der Waals surface area contributed by atoms with Gasteiger partial charge in [0, 0.05) is 0 Å². The van der Waals surface area contributed by atoms with Crippen LogP contribution in [-0.4, -0.2) is 40.2 Å². The van der Waals surface area contributed by atoms with Crippen LogP contribution >= 0.6 is 0 Å². The highest BCUT2D eigenvalue weighted by Crippen LogP contribution is 2.17. The second kappa shape index (κ2) is 5.38. The summed E-state index contributed by atoms with van der Waals surface area (Å²) in [7, 11) is 0. The molecule has 7 heteroatoms. The van der Waals surface area contributed by atoms with Gasteiger partial charge in [-0.1, -0.05) is 12.1 Å². The molecule has 1 N–H and O–H groups in total. The number of nitrogens with zero attached hydrogens (tertiary/aromatic N) is 3. The van der Waals surface area contributed by atoms with Gasteiger partial charge in [0.1, 0.15) is 12.3 Å². The van der Waals surface area contributed by atoms with E-state index < -0.39 is 0 Å². The van der Waals surface area contributed by atoms with E-state index >= 15 is 0 Å². The van der Waals surface area contributed by atoms with Crippen molar-refractivity contribution in [3.05, 3.63) is 42.0 Å². The van der Waals surface area contributed by atoms with E-state index in [0.29, 0.717) is 18.6 Å². The van der Waals surface area contributed by atoms with Gasteiger partial charge in [-0.25, -0.2) is 4.39 Å². The summed E-state index contributed by atoms with van der Waals surface area (Å²) in [5, 5.41) is 10.6. The standard InChI is InChI=1S/C13H13FN4O2/c14-13-9(6-10-7-20-8-12(19)17-10)2-1-3-11(13)18-15-4-5-16-18/h1-5,10H,6-8H2,(H,17,19). The van der Waals surface area contributed by atoms with Gasteiger partial charge in [0.2, 0.25) is 5.91 Å². The molecule has 1 aromatic heterocycles. The van der Waals surface area contributed by atoms with Crippen molar-refractivity contribution in [1.82, 2.24) is 20.3 Å². The zero-order valence-electron chi connectivity index (χ0n) is 10.6. The van der Waals surface area contributed by atoms with Crippen molar-refractivity contribution in [3.8, 4) is 5.69 Å². The minimum atomic E-state index is -0.386. The van der Waals surface area contributed by atoms with E-state index in [9.17, 15) is 9.18 Å². The van der Waals surface area contributed by atoms with Gasteiger partial charge in [0.05, 0.1) is 25.0 Å². The third kappa shape index (κ3) is 2.53. The van der Waals surface area contributed by atoms with Gasteiger partial charge in [-0.3, -0.25) is 4.79 Å². The van der Waals surface area contributed by atoms with E-state index in [1.165, 1.54) is 17.2 Å². The quantitative estimate of drug-likeness (QED) is 0.884. The molecule has 20 heavy (non-hydrogen) atoms. The van der Waals surface area contributed by atoms with Crippen LogP contribution in [0.5, 0.6) is 0 Å². The Morgan fingerprint density at radius 3 is 2.95 bits per heavy atom. The number of benzene rings is 1. The molecule has 0 bridgehead atoms. The summed E-state index contributed by atoms with van der Waals surface area (Å²) in [4.78, 5) is 12.5. The molecule has 6 nitrogen and oxygen atoms in total. The summed E-state index contributed by atoms with van der Waals surface area (Å²) < 4.78 is 19.6. The summed E-state index contributed by atoms with van der Waals surface area (Å²) >= 11 is 0. The molecule has 2 heterocycles. The summed E-state index contributed by atoms with van der Waals surface area (Å²) in [5.74, 6) is -0.560. The number of morpholine rings is 1. The Hall–Kier alpha value is -2.28. The lowest BCUT2D eigenvalue weighted by atomic mass is 10.0. The van der Waals surface area contributed by atoms with E-state index in [0.717, 1.165) is 0 Å². The van der Waals surface area contributed by atoms with Crippen LogP contribution in [0.15, 0.2) is 30.6 Å². The van der Waals surface area contributed by atoms with Gasteiger partial charge >= 0.3 is 0 Å². The van der Waals surface area contributed by atoms with Crippen LogP contribution in [0.25, 0.3) is 5.69 Å². The lowest BCUT2D eigenvalue weighted by Crippen LogP contribution is -2.46. The molecule has 1 aliphatic rings. The molecular weight excluding hydrogens is 263 g/mol. The predicted molar refractivity (Wildman–Crippen MR) is 67.8 cm³/mol. The Kier molecular flexibility index (Phi) is 3.42. The first-order valence-corrected chi connectivity index (χ1v) is 6.25. The van der Waals surface area contributed by atoms with Crippen molar-refractivity contribution < 1.29 is 13.9 Å². The molecule has 104 valence electrons. The van der Waals surface area contributed by atoms with Gasteiger partial charge in [-0.2, -0.15) is 10.2 Å². The van der Waals surface area contributed by atoms with Gasteiger partial charge in [-0.15, -0.1) is 4.80 Å². The molecule has 1 amide bonds. The molecule has 2 aromatic rings. The number of halogens is 1. The smallest absolute Gasteiger partial charge is 0.246 e. The molecule has 0 aliphatic carbocycles. The van der Waals surface area contributed by atoms with E-state index in [1.807, 2.05) is 0 Å². The molecule has 0 spiro atoms. The highest BCUT2D eigenvalue weighted by Gasteiger charge is 2.21. The minimum Gasteiger partial charge on any atom is -0.369 e. The maximum atomic E-state index is 14.4. The number of hydrogen-bond donors (Lipinski definition) is 1. The average Bonchev–Trinajstić information content (AvgIpc) is 2.95. The fraction of sp³-hybridized carbons (Fsp3) is 0.308. The number of ether oxygens (including phenoxy) is 1. The highest BCUT2D eigenvalue weighted by molar-refractivity contribution is 5.78. The molecular formula is C13H13FN4O2. The Balaban J connectivity index is 1.83. The van der Waals surface area contributed by atoms with Crippen LogP contribution in [0.4, 0.5) is 4.39 Å². The van der Waals surface area contributed by atoms with Gasteiger partial charge < -0.3 is 10.1 Å². The molecule has 1 fully saturated rings. The number of carbonyl (C=O) groups excluding carboxylic acids is 1. The van der Waals surface area contributed by atoms with Crippen molar-refractivity contribution in [2.75, 3.05) is 13.2 Å². The van der Waals surface area contributed by atoms with Crippen LogP contribution in [0, 0.1) is 5.82 Å². The fourth-order valence-electron chi connectivity index (χ4n) is 2.20. The molecule has 1 aromatic carbocycles. The zero-order valence-corrected chi connectivity index (χ0v) is 10.6. The molecule has 1 atom stereocenters. The largest absolute Gasteiger partial charge is 0.369 e. The molecule has 1 saturated heterocycles. The summed E-state index contributed by atoms with van der Waals surface area (Å²) in [5.41, 5.74) is 0.783. The maximum absolute atomic E-state index is 14.4. The van der Waals surface area contributed by atoms with Crippen molar-refractivity contribution in [2.24, 2.45) is 0 Å². The number of nitrogens with one attached hydrogen (secondary N) is 1. The summed E-state index contributed by atoms with van der Waals surface area (Å²) in [6, 6.07) is 4.81. The summed E-state index contributed by atoms with van der Waals surface area (Å²) in [6.07, 6.45) is 3.34. The first kappa shape index (κ1) is 12.7. The van der Waals surface area contributed by atoms with E-state index in [-0.39, 0.29) is 30.1 Å². The number of hydrogen-bond acceptors (Lipinski definition) is 4. The van der Waals surface area contributed by atoms with Crippen LogP contribution in [0.2, 0.25) is 0 Å². The topological polar surface area (TPSA) is 69.0 Å². The third-order valence-corrected chi connectivity index (χ3v) is 3.08. The van der Waals surface area contributed by atoms with E-state index in [1.54, 1.807) is 18.2 Å². The average molecular weight is 276 g/mol. The van der Waals surface area contributed by atoms with E-state index in [4.69, 9.17) is 4.74 Å². The molecule has 0 saturated carbocycles. The minimum absolute atomic E-state index is 0.0657. The van der Waals surface area contributed by atoms with Gasteiger partial charge in [0.25, 0.3) is 0 Å². The van der Waals surface area contributed by atoms with Crippen LogP contribution in [0.1, 0.15) is 5.56 Å². The Bertz CT molecular complexity index is 615. The normalized spacial score (nSPS) is 18.9. The van der Waals surface area contributed by atoms with Crippen molar-refractivity contribution >= 4 is 5.91 Å². The predicted octanol–water partition coefficient (Wildman–Crippen LogP) is 0.464. The Labute approximate surface area is 114 Å². The fourth-order valence-corrected chi connectivity index (χ4v) is 2.20. The first-order chi connectivity index (χ1) is 9.74. The lowest BCUT2D eigenvalue weighted by molar-refractivity contribution is -0.131. The van der Waals surface area contributed by atoms with Crippen LogP contribution in [0.3, 0.4) is 0 Å². The van der Waals surface area contributed by atoms with Crippen LogP contribution in [-0.2, 0) is 16.0 Å². The Morgan fingerprint density at radius 2 is 2.20 bits per heavy atom. The molecule has 1 aliphatic heterocycles. The van der Waals surface area contributed by atoms with Crippen molar-refractivity contribution in [2.45, 2.75) is 12.5 Å². The van der Waals surface area contributed by atoms with Gasteiger partial charge in [0.15, 0.2) is 5.82 Å². The summed E-state index contributed by atoms with van der Waals surface area (Å²) in [6.45, 7) is 0.450. The number of rotatable bonds is 3. The monoisotopic (exact) mass is 276 g/mol. The highest BCUT2D eigenvalue weighted by atomic mass is 19.1. The number of amides is 1. The van der Waals surface area contributed by atoms with Crippen molar-refractivity contribution in [1.29, 1.82) is 0 Å². The molecule has 1 unspecified atom stereocenters. The van der Waals surface area contributed by atoms with Crippen LogP contribution < -0.4 is 5.32 Å². The number of aromatic nitrogens is 3. The number of carbonyl (C=O) groups is 1. The lowest BCUT2D eigenvalue weighted by Gasteiger charge is -2.23. The Morgan fingerprint density at radius 1 is 1.40 bits per heavy atom. The first-order valence-electron chi connectivity index (χ1n) is 6.25. The molecule has 3 rings (SSSR count).